The fourth-order valence-electron chi connectivity index (χ4n) is 10.6. The highest BCUT2D eigenvalue weighted by Gasteiger charge is 2.19. The molecule has 0 heterocycles. The molecule has 0 aromatic carbocycles. The summed E-state index contributed by atoms with van der Waals surface area (Å²) in [4.78, 5) is 38.3. The van der Waals surface area contributed by atoms with Crippen LogP contribution in [0, 0.1) is 0 Å². The number of carbonyl (C=O) groups excluding carboxylic acids is 3. The Morgan fingerprint density at radius 3 is 0.841 bits per heavy atom. The molecule has 0 saturated heterocycles. The van der Waals surface area contributed by atoms with E-state index in [0.717, 1.165) is 83.5 Å². The summed E-state index contributed by atoms with van der Waals surface area (Å²) in [5, 5.41) is 0. The highest BCUT2D eigenvalue weighted by molar-refractivity contribution is 5.72. The van der Waals surface area contributed by atoms with Crippen molar-refractivity contribution in [1.29, 1.82) is 0 Å². The first-order valence-corrected chi connectivity index (χ1v) is 35.9. The summed E-state index contributed by atoms with van der Waals surface area (Å²) in [6.07, 6.45) is 92.7. The van der Waals surface area contributed by atoms with Gasteiger partial charge in [-0.1, -0.05) is 357 Å². The van der Waals surface area contributed by atoms with Crippen molar-refractivity contribution >= 4 is 17.9 Å². The lowest BCUT2D eigenvalue weighted by molar-refractivity contribution is -0.166. The van der Waals surface area contributed by atoms with Gasteiger partial charge in [-0.25, -0.2) is 0 Å². The molecule has 0 aliphatic carbocycles. The fraction of sp³-hybridized carbons (Fsp3) is 0.803. The van der Waals surface area contributed by atoms with Crippen molar-refractivity contribution in [2.45, 2.75) is 380 Å². The molecular formula is C76H136O6. The molecule has 0 aromatic heterocycles. The monoisotopic (exact) mass is 1150 g/mol. The molecule has 0 aliphatic rings. The molecule has 6 heteroatoms. The highest BCUT2D eigenvalue weighted by atomic mass is 16.6. The van der Waals surface area contributed by atoms with E-state index >= 15 is 0 Å². The molecule has 0 fully saturated rings. The SMILES string of the molecule is CC/C=C\C/C=C\C/C=C\C/C=C\C/C=C\CC(=O)OCC(COC(=O)CCCCCCCCCCCCCCCCCCCCCCCCCCCCCCCCCCC)OC(=O)CCCCCCC/C=C\CCCCCCCCC. The Morgan fingerprint density at radius 1 is 0.268 bits per heavy atom. The third-order valence-electron chi connectivity index (χ3n) is 16.0. The summed E-state index contributed by atoms with van der Waals surface area (Å²) in [6.45, 7) is 6.48. The third-order valence-corrected chi connectivity index (χ3v) is 16.0. The first-order chi connectivity index (χ1) is 40.5. The number of carbonyl (C=O) groups is 3. The number of hydrogen-bond donors (Lipinski definition) is 0. The Balaban J connectivity index is 4.18. The lowest BCUT2D eigenvalue weighted by Crippen LogP contribution is -2.30. The molecule has 0 amide bonds. The topological polar surface area (TPSA) is 78.9 Å². The van der Waals surface area contributed by atoms with Crippen molar-refractivity contribution in [1.82, 2.24) is 0 Å². The quantitative estimate of drug-likeness (QED) is 0.0261. The van der Waals surface area contributed by atoms with Crippen LogP contribution in [0.2, 0.25) is 0 Å². The predicted molar refractivity (Wildman–Crippen MR) is 358 cm³/mol. The predicted octanol–water partition coefficient (Wildman–Crippen LogP) is 24.8. The lowest BCUT2D eigenvalue weighted by Gasteiger charge is -2.18. The van der Waals surface area contributed by atoms with Gasteiger partial charge in [0.25, 0.3) is 0 Å². The van der Waals surface area contributed by atoms with E-state index in [2.05, 4.69) is 81.5 Å². The smallest absolute Gasteiger partial charge is 0.309 e. The van der Waals surface area contributed by atoms with Crippen LogP contribution in [-0.4, -0.2) is 37.2 Å². The van der Waals surface area contributed by atoms with E-state index in [1.54, 1.807) is 6.08 Å². The molecule has 0 aromatic rings. The number of esters is 3. The Labute approximate surface area is 510 Å². The minimum absolute atomic E-state index is 0.106. The molecule has 1 unspecified atom stereocenters. The number of unbranched alkanes of at least 4 members (excludes halogenated alkanes) is 44. The van der Waals surface area contributed by atoms with E-state index in [9.17, 15) is 14.4 Å². The van der Waals surface area contributed by atoms with Gasteiger partial charge in [-0.2, -0.15) is 0 Å². The van der Waals surface area contributed by atoms with E-state index < -0.39 is 12.1 Å². The number of ether oxygens (including phenoxy) is 3. The minimum Gasteiger partial charge on any atom is -0.462 e. The van der Waals surface area contributed by atoms with Gasteiger partial charge in [0.05, 0.1) is 6.42 Å². The van der Waals surface area contributed by atoms with Gasteiger partial charge in [0.15, 0.2) is 6.10 Å². The van der Waals surface area contributed by atoms with Crippen LogP contribution < -0.4 is 0 Å². The van der Waals surface area contributed by atoms with E-state index in [0.29, 0.717) is 12.8 Å². The lowest BCUT2D eigenvalue weighted by atomic mass is 10.0. The van der Waals surface area contributed by atoms with Gasteiger partial charge in [-0.15, -0.1) is 0 Å². The Bertz CT molecular complexity index is 1500. The van der Waals surface area contributed by atoms with Crippen molar-refractivity contribution in [3.8, 4) is 0 Å². The summed E-state index contributed by atoms with van der Waals surface area (Å²) in [5.74, 6) is -1.03. The van der Waals surface area contributed by atoms with Gasteiger partial charge in [0.1, 0.15) is 13.2 Å². The summed E-state index contributed by atoms with van der Waals surface area (Å²) < 4.78 is 16.8. The van der Waals surface area contributed by atoms with E-state index in [1.807, 2.05) is 6.08 Å². The second-order valence-corrected chi connectivity index (χ2v) is 24.1. The number of rotatable bonds is 66. The molecule has 0 bridgehead atoms. The molecule has 0 saturated carbocycles. The molecular weight excluding hydrogens is 1010 g/mol. The average Bonchev–Trinajstić information content (AvgIpc) is 3.47. The van der Waals surface area contributed by atoms with Crippen LogP contribution in [0.4, 0.5) is 0 Å². The maximum Gasteiger partial charge on any atom is 0.309 e. The highest BCUT2D eigenvalue weighted by Crippen LogP contribution is 2.18. The third kappa shape index (κ3) is 67.6. The van der Waals surface area contributed by atoms with Crippen molar-refractivity contribution in [3.05, 3.63) is 72.9 Å². The second kappa shape index (κ2) is 70.3. The number of hydrogen-bond acceptors (Lipinski definition) is 6. The molecule has 0 N–H and O–H groups in total. The first kappa shape index (κ1) is 78.8. The molecule has 0 spiro atoms. The minimum atomic E-state index is -0.820. The molecule has 0 aliphatic heterocycles. The molecule has 82 heavy (non-hydrogen) atoms. The van der Waals surface area contributed by atoms with Crippen LogP contribution in [0.5, 0.6) is 0 Å². The summed E-state index contributed by atoms with van der Waals surface area (Å²) in [5.41, 5.74) is 0. The van der Waals surface area contributed by atoms with Gasteiger partial charge in [0.2, 0.25) is 0 Å². The second-order valence-electron chi connectivity index (χ2n) is 24.1. The average molecular weight is 1150 g/mol. The normalized spacial score (nSPS) is 12.5. The van der Waals surface area contributed by atoms with Gasteiger partial charge < -0.3 is 14.2 Å². The Hall–Kier alpha value is -3.15. The standard InChI is InChI=1S/C76H136O6/c1-4-7-10-13-16-19-22-25-28-30-31-32-33-34-35-36-37-38-39-40-41-42-43-44-45-46-49-51-54-57-60-63-66-69-75(78)81-72-73(71-80-74(77)68-65-62-59-56-53-50-47-27-24-21-18-15-12-9-6-3)82-76(79)70-67-64-61-58-55-52-48-29-26-23-20-17-14-11-8-5-2/h9,12,18,21,27,29,47-48,53,56,62,65,73H,4-8,10-11,13-17,19-20,22-26,28,30-46,49-52,54-55,57-61,63-64,66-72H2,1-3H3/b12-9-,21-18-,47-27-,48-29-,56-53-,65-62-. The van der Waals surface area contributed by atoms with Crippen molar-refractivity contribution < 1.29 is 28.6 Å². The fourth-order valence-corrected chi connectivity index (χ4v) is 10.6. The van der Waals surface area contributed by atoms with Crippen LogP contribution in [0.15, 0.2) is 72.9 Å². The largest absolute Gasteiger partial charge is 0.462 e. The summed E-state index contributed by atoms with van der Waals surface area (Å²) in [6, 6.07) is 0. The van der Waals surface area contributed by atoms with Crippen LogP contribution in [-0.2, 0) is 28.6 Å². The Morgan fingerprint density at radius 2 is 0.524 bits per heavy atom. The number of allylic oxidation sites excluding steroid dienone is 11. The molecule has 0 radical (unpaired) electrons. The van der Waals surface area contributed by atoms with Crippen LogP contribution in [0.3, 0.4) is 0 Å². The van der Waals surface area contributed by atoms with Crippen molar-refractivity contribution in [2.75, 3.05) is 13.2 Å². The zero-order valence-corrected chi connectivity index (χ0v) is 54.8. The maximum atomic E-state index is 12.9. The first-order valence-electron chi connectivity index (χ1n) is 35.9. The maximum absolute atomic E-state index is 12.9. The van der Waals surface area contributed by atoms with Crippen LogP contribution in [0.1, 0.15) is 374 Å². The van der Waals surface area contributed by atoms with Crippen LogP contribution >= 0.6 is 0 Å². The van der Waals surface area contributed by atoms with E-state index in [-0.39, 0.29) is 31.6 Å². The zero-order chi connectivity index (χ0) is 59.2. The van der Waals surface area contributed by atoms with Gasteiger partial charge in [-0.05, 0) is 70.6 Å². The van der Waals surface area contributed by atoms with Gasteiger partial charge in [-0.3, -0.25) is 14.4 Å². The molecule has 6 nitrogen and oxygen atoms in total. The van der Waals surface area contributed by atoms with Crippen molar-refractivity contribution in [2.24, 2.45) is 0 Å². The van der Waals surface area contributed by atoms with Crippen LogP contribution in [0.25, 0.3) is 0 Å². The van der Waals surface area contributed by atoms with E-state index in [1.165, 1.54) is 250 Å². The molecule has 0 rings (SSSR count). The zero-order valence-electron chi connectivity index (χ0n) is 54.8. The van der Waals surface area contributed by atoms with E-state index in [4.69, 9.17) is 14.2 Å². The van der Waals surface area contributed by atoms with Gasteiger partial charge in [0, 0.05) is 12.8 Å². The van der Waals surface area contributed by atoms with Gasteiger partial charge >= 0.3 is 17.9 Å². The molecule has 1 atom stereocenters. The molecule has 476 valence electrons. The summed E-state index contributed by atoms with van der Waals surface area (Å²) >= 11 is 0. The van der Waals surface area contributed by atoms with Crippen molar-refractivity contribution in [3.63, 3.8) is 0 Å². The summed E-state index contributed by atoms with van der Waals surface area (Å²) in [7, 11) is 0. The Kier molecular flexibility index (Phi) is 67.6.